The molecule has 0 fully saturated rings. The van der Waals surface area contributed by atoms with Gasteiger partial charge in [-0.15, -0.1) is 0 Å². The van der Waals surface area contributed by atoms with E-state index in [0.29, 0.717) is 12.1 Å². The van der Waals surface area contributed by atoms with Crippen molar-refractivity contribution < 1.29 is 19.1 Å². The number of amides is 1. The second-order valence-corrected chi connectivity index (χ2v) is 9.31. The van der Waals surface area contributed by atoms with Crippen molar-refractivity contribution in [2.45, 2.75) is 72.1 Å². The summed E-state index contributed by atoms with van der Waals surface area (Å²) in [6.45, 7) is 5.80. The van der Waals surface area contributed by atoms with Gasteiger partial charge in [0.05, 0.1) is 18.6 Å². The van der Waals surface area contributed by atoms with Crippen molar-refractivity contribution >= 4 is 50.4 Å². The summed E-state index contributed by atoms with van der Waals surface area (Å²) in [6.07, 6.45) is 8.55. The lowest BCUT2D eigenvalue weighted by atomic mass is 10.1. The van der Waals surface area contributed by atoms with E-state index >= 15 is 0 Å². The van der Waals surface area contributed by atoms with Crippen LogP contribution in [0.25, 0.3) is 0 Å². The van der Waals surface area contributed by atoms with Crippen LogP contribution in [0.15, 0.2) is 16.6 Å². The van der Waals surface area contributed by atoms with Crippen LogP contribution in [0.1, 0.15) is 69.4 Å². The first-order valence-electron chi connectivity index (χ1n) is 10.6. The van der Waals surface area contributed by atoms with Crippen LogP contribution in [0, 0.1) is 13.8 Å². The lowest BCUT2D eigenvalue weighted by Gasteiger charge is -2.25. The molecule has 0 N–H and O–H groups in total. The summed E-state index contributed by atoms with van der Waals surface area (Å²) in [5, 5.41) is 0.0256. The molecule has 1 aromatic carbocycles. The van der Waals surface area contributed by atoms with E-state index in [9.17, 15) is 14.4 Å². The van der Waals surface area contributed by atoms with E-state index in [2.05, 4.69) is 22.9 Å². The van der Waals surface area contributed by atoms with E-state index in [-0.39, 0.29) is 23.3 Å². The van der Waals surface area contributed by atoms with Gasteiger partial charge in [0.15, 0.2) is 5.12 Å². The lowest BCUT2D eigenvalue weighted by molar-refractivity contribution is -0.139. The molecule has 0 saturated heterocycles. The average molecular weight is 500 g/mol. The number of hydrogen-bond donors (Lipinski definition) is 0. The highest BCUT2D eigenvalue weighted by molar-refractivity contribution is 9.10. The molecule has 1 rings (SSSR count). The van der Waals surface area contributed by atoms with Gasteiger partial charge in [-0.1, -0.05) is 79.2 Å². The number of esters is 1. The molecule has 0 unspecified atom stereocenters. The molecule has 168 valence electrons. The minimum Gasteiger partial charge on any atom is -0.468 e. The molecule has 5 nitrogen and oxygen atoms in total. The molecule has 0 bridgehead atoms. The molecule has 7 heteroatoms. The van der Waals surface area contributed by atoms with Gasteiger partial charge in [-0.25, -0.2) is 0 Å². The van der Waals surface area contributed by atoms with Gasteiger partial charge in [0.1, 0.15) is 6.54 Å². The van der Waals surface area contributed by atoms with Crippen molar-refractivity contribution in [3.63, 3.8) is 0 Å². The van der Waals surface area contributed by atoms with Crippen LogP contribution in [0.5, 0.6) is 0 Å². The Hall–Kier alpha value is -1.34. The molecule has 30 heavy (non-hydrogen) atoms. The van der Waals surface area contributed by atoms with Crippen molar-refractivity contribution in [1.29, 1.82) is 0 Å². The second-order valence-electron chi connectivity index (χ2n) is 7.43. The third-order valence-electron chi connectivity index (χ3n) is 4.99. The molecule has 0 aliphatic heterocycles. The van der Waals surface area contributed by atoms with E-state index in [1.54, 1.807) is 0 Å². The van der Waals surface area contributed by atoms with Gasteiger partial charge in [0.2, 0.25) is 5.91 Å². The van der Waals surface area contributed by atoms with E-state index in [1.807, 2.05) is 26.0 Å². The zero-order valence-corrected chi connectivity index (χ0v) is 21.0. The van der Waals surface area contributed by atoms with Crippen molar-refractivity contribution in [2.24, 2.45) is 0 Å². The SMILES string of the molecule is CCCCCCCCCC(=O)SCC(=O)N(CC(=O)OC)c1c(C)ccc(Br)c1C. The van der Waals surface area contributed by atoms with Crippen LogP contribution < -0.4 is 4.90 Å². The summed E-state index contributed by atoms with van der Waals surface area (Å²) >= 11 is 4.52. The average Bonchev–Trinajstić information content (AvgIpc) is 2.73. The Balaban J connectivity index is 2.64. The fraction of sp³-hybridized carbons (Fsp3) is 0.609. The van der Waals surface area contributed by atoms with Gasteiger partial charge in [0, 0.05) is 10.9 Å². The Morgan fingerprint density at radius 3 is 2.30 bits per heavy atom. The predicted molar refractivity (Wildman–Crippen MR) is 128 cm³/mol. The van der Waals surface area contributed by atoms with Crippen molar-refractivity contribution in [3.8, 4) is 0 Å². The molecule has 0 saturated carbocycles. The number of nitrogens with zero attached hydrogens (tertiary/aromatic N) is 1. The summed E-state index contributed by atoms with van der Waals surface area (Å²) in [7, 11) is 1.30. The van der Waals surface area contributed by atoms with Crippen LogP contribution in [0.3, 0.4) is 0 Å². The Morgan fingerprint density at radius 2 is 1.67 bits per heavy atom. The molecule has 1 aromatic rings. The number of carbonyl (C=O) groups is 3. The maximum Gasteiger partial charge on any atom is 0.325 e. The lowest BCUT2D eigenvalue weighted by Crippen LogP contribution is -2.38. The number of hydrogen-bond acceptors (Lipinski definition) is 5. The Kier molecular flexibility index (Phi) is 13.0. The van der Waals surface area contributed by atoms with Crippen molar-refractivity contribution in [1.82, 2.24) is 0 Å². The van der Waals surface area contributed by atoms with Gasteiger partial charge in [-0.2, -0.15) is 0 Å². The molecule has 0 spiro atoms. The van der Waals surface area contributed by atoms with E-state index in [0.717, 1.165) is 46.6 Å². The fourth-order valence-corrected chi connectivity index (χ4v) is 4.28. The van der Waals surface area contributed by atoms with Crippen LogP contribution in [0.4, 0.5) is 5.69 Å². The van der Waals surface area contributed by atoms with Gasteiger partial charge >= 0.3 is 5.97 Å². The summed E-state index contributed by atoms with van der Waals surface area (Å²) < 4.78 is 5.63. The van der Waals surface area contributed by atoms with Gasteiger partial charge < -0.3 is 4.74 Å². The maximum absolute atomic E-state index is 12.9. The number of aryl methyl sites for hydroxylation is 1. The molecule has 0 aliphatic rings. The van der Waals surface area contributed by atoms with Crippen molar-refractivity contribution in [2.75, 3.05) is 24.3 Å². The number of ether oxygens (including phenoxy) is 1. The monoisotopic (exact) mass is 499 g/mol. The van der Waals surface area contributed by atoms with E-state index < -0.39 is 5.97 Å². The van der Waals surface area contributed by atoms with Gasteiger partial charge in [0.25, 0.3) is 0 Å². The number of methoxy groups -OCH3 is 1. The molecular weight excluding hydrogens is 466 g/mol. The standard InChI is InChI=1S/C23H34BrNO4S/c1-5-6-7-8-9-10-11-12-22(28)30-16-20(26)25(15-21(27)29-4)23-17(2)13-14-19(24)18(23)3/h13-14H,5-12,15-16H2,1-4H3. The minimum atomic E-state index is -0.499. The highest BCUT2D eigenvalue weighted by Crippen LogP contribution is 2.31. The van der Waals surface area contributed by atoms with Crippen LogP contribution in [-0.2, 0) is 19.1 Å². The highest BCUT2D eigenvalue weighted by Gasteiger charge is 2.24. The van der Waals surface area contributed by atoms with Gasteiger partial charge in [-0.3, -0.25) is 19.3 Å². The second kappa shape index (κ2) is 14.6. The molecular formula is C23H34BrNO4S. The third kappa shape index (κ3) is 9.21. The number of thioether (sulfide) groups is 1. The molecule has 1 amide bonds. The number of carbonyl (C=O) groups excluding carboxylic acids is 3. The highest BCUT2D eigenvalue weighted by atomic mass is 79.9. The van der Waals surface area contributed by atoms with Crippen LogP contribution in [-0.4, -0.2) is 36.4 Å². The normalized spacial score (nSPS) is 10.7. The van der Waals surface area contributed by atoms with E-state index in [4.69, 9.17) is 4.74 Å². The minimum absolute atomic E-state index is 0.0116. The zero-order valence-electron chi connectivity index (χ0n) is 18.6. The summed E-state index contributed by atoms with van der Waals surface area (Å²) in [5.41, 5.74) is 2.43. The van der Waals surface area contributed by atoms with Gasteiger partial charge in [-0.05, 0) is 37.5 Å². The third-order valence-corrected chi connectivity index (χ3v) is 6.77. The summed E-state index contributed by atoms with van der Waals surface area (Å²) in [6, 6.07) is 3.80. The predicted octanol–water partition coefficient (Wildman–Crippen LogP) is 5.97. The largest absolute Gasteiger partial charge is 0.468 e. The Bertz CT molecular complexity index is 723. The first kappa shape index (κ1) is 26.7. The van der Waals surface area contributed by atoms with Crippen LogP contribution >= 0.6 is 27.7 Å². The van der Waals surface area contributed by atoms with Crippen molar-refractivity contribution in [3.05, 3.63) is 27.7 Å². The maximum atomic E-state index is 12.9. The number of benzene rings is 1. The molecule has 0 radical (unpaired) electrons. The van der Waals surface area contributed by atoms with Crippen LogP contribution in [0.2, 0.25) is 0 Å². The fourth-order valence-electron chi connectivity index (χ4n) is 3.23. The molecule has 0 atom stereocenters. The molecule has 0 aliphatic carbocycles. The number of anilines is 1. The molecule has 0 aromatic heterocycles. The quantitative estimate of drug-likeness (QED) is 0.247. The molecule has 0 heterocycles. The summed E-state index contributed by atoms with van der Waals surface area (Å²) in [4.78, 5) is 38.5. The first-order chi connectivity index (χ1) is 14.3. The Labute approximate surface area is 193 Å². The zero-order chi connectivity index (χ0) is 22.5. The topological polar surface area (TPSA) is 63.7 Å². The number of halogens is 1. The summed E-state index contributed by atoms with van der Waals surface area (Å²) in [5.74, 6) is -0.762. The van der Waals surface area contributed by atoms with E-state index in [1.165, 1.54) is 37.7 Å². The Morgan fingerprint density at radius 1 is 1.03 bits per heavy atom. The number of rotatable bonds is 13. The number of unbranched alkanes of at least 4 members (excludes halogenated alkanes) is 6. The smallest absolute Gasteiger partial charge is 0.325 e. The first-order valence-corrected chi connectivity index (χ1v) is 12.4.